The average Bonchev–Trinajstić information content (AvgIpc) is 3.06. The maximum Gasteiger partial charge on any atom is 0.242 e. The predicted octanol–water partition coefficient (Wildman–Crippen LogP) is 1.61. The highest BCUT2D eigenvalue weighted by Gasteiger charge is 2.20. The van der Waals surface area contributed by atoms with Crippen molar-refractivity contribution in [2.24, 2.45) is 0 Å². The number of hydrogen-bond donors (Lipinski definition) is 1. The summed E-state index contributed by atoms with van der Waals surface area (Å²) in [6, 6.07) is 5.04. The van der Waals surface area contributed by atoms with E-state index < -0.39 is 0 Å². The quantitative estimate of drug-likeness (QED) is 0.831. The molecule has 0 spiro atoms. The lowest BCUT2D eigenvalue weighted by atomic mass is 10.3. The SMILES string of the molecule is CC(C)N(C)C(=O)Cn1cccc1CNC1CC1. The molecule has 0 radical (unpaired) electrons. The number of amides is 1. The van der Waals surface area contributed by atoms with Crippen LogP contribution >= 0.6 is 0 Å². The summed E-state index contributed by atoms with van der Waals surface area (Å²) in [5, 5.41) is 3.48. The van der Waals surface area contributed by atoms with Crippen molar-refractivity contribution in [3.8, 4) is 0 Å². The standard InChI is InChI=1S/C14H23N3O/c1-11(2)16(3)14(18)10-17-8-4-5-13(17)9-15-12-6-7-12/h4-5,8,11-12,15H,6-7,9-10H2,1-3H3. The number of carbonyl (C=O) groups is 1. The van der Waals surface area contributed by atoms with Gasteiger partial charge in [0.25, 0.3) is 0 Å². The lowest BCUT2D eigenvalue weighted by Gasteiger charge is -2.22. The Kier molecular flexibility index (Phi) is 4.07. The number of nitrogens with zero attached hydrogens (tertiary/aromatic N) is 2. The molecule has 0 aliphatic heterocycles. The third-order valence-electron chi connectivity index (χ3n) is 3.55. The summed E-state index contributed by atoms with van der Waals surface area (Å²) in [5.74, 6) is 0.161. The molecule has 0 atom stereocenters. The summed E-state index contributed by atoms with van der Waals surface area (Å²) >= 11 is 0. The van der Waals surface area contributed by atoms with E-state index in [1.165, 1.54) is 18.5 Å². The summed E-state index contributed by atoms with van der Waals surface area (Å²) in [4.78, 5) is 13.8. The minimum Gasteiger partial charge on any atom is -0.342 e. The molecule has 100 valence electrons. The number of carbonyl (C=O) groups excluding carboxylic acids is 1. The molecule has 1 aliphatic carbocycles. The zero-order valence-electron chi connectivity index (χ0n) is 11.5. The van der Waals surface area contributed by atoms with E-state index in [2.05, 4.69) is 11.4 Å². The first kappa shape index (κ1) is 13.1. The Balaban J connectivity index is 1.91. The molecule has 1 amide bonds. The Morgan fingerprint density at radius 3 is 2.89 bits per heavy atom. The second kappa shape index (κ2) is 5.57. The molecule has 4 heteroatoms. The van der Waals surface area contributed by atoms with Crippen LogP contribution in [0.5, 0.6) is 0 Å². The first-order valence-electron chi connectivity index (χ1n) is 6.71. The van der Waals surface area contributed by atoms with E-state index in [4.69, 9.17) is 0 Å². The molecular formula is C14H23N3O. The fraction of sp³-hybridized carbons (Fsp3) is 0.643. The van der Waals surface area contributed by atoms with E-state index in [0.717, 1.165) is 6.54 Å². The van der Waals surface area contributed by atoms with E-state index in [1.807, 2.05) is 37.7 Å². The molecule has 1 fully saturated rings. The third kappa shape index (κ3) is 3.35. The second-order valence-corrected chi connectivity index (χ2v) is 5.38. The Hall–Kier alpha value is -1.29. The van der Waals surface area contributed by atoms with Gasteiger partial charge in [0.1, 0.15) is 6.54 Å². The smallest absolute Gasteiger partial charge is 0.242 e. The van der Waals surface area contributed by atoms with Crippen LogP contribution in [0.25, 0.3) is 0 Å². The molecule has 1 aromatic rings. The summed E-state index contributed by atoms with van der Waals surface area (Å²) in [6.07, 6.45) is 4.56. The van der Waals surface area contributed by atoms with Crippen LogP contribution < -0.4 is 5.32 Å². The van der Waals surface area contributed by atoms with Crippen LogP contribution in [0.15, 0.2) is 18.3 Å². The molecule has 2 rings (SSSR count). The maximum atomic E-state index is 12.0. The fourth-order valence-corrected chi connectivity index (χ4v) is 1.85. The van der Waals surface area contributed by atoms with Gasteiger partial charge in [0.2, 0.25) is 5.91 Å². The first-order valence-corrected chi connectivity index (χ1v) is 6.71. The van der Waals surface area contributed by atoms with Gasteiger partial charge in [0, 0.05) is 37.6 Å². The second-order valence-electron chi connectivity index (χ2n) is 5.38. The molecule has 1 saturated carbocycles. The van der Waals surface area contributed by atoms with Crippen molar-refractivity contribution >= 4 is 5.91 Å². The summed E-state index contributed by atoms with van der Waals surface area (Å²) in [7, 11) is 1.86. The maximum absolute atomic E-state index is 12.0. The van der Waals surface area contributed by atoms with E-state index in [0.29, 0.717) is 12.6 Å². The molecule has 0 unspecified atom stereocenters. The predicted molar refractivity (Wildman–Crippen MR) is 72.2 cm³/mol. The lowest BCUT2D eigenvalue weighted by molar-refractivity contribution is -0.132. The number of likely N-dealkylation sites (N-methyl/N-ethyl adjacent to an activating group) is 1. The van der Waals surface area contributed by atoms with Crippen LogP contribution in [0.2, 0.25) is 0 Å². The molecule has 1 aromatic heterocycles. The zero-order valence-corrected chi connectivity index (χ0v) is 11.5. The highest BCUT2D eigenvalue weighted by atomic mass is 16.2. The molecule has 1 N–H and O–H groups in total. The van der Waals surface area contributed by atoms with Gasteiger partial charge in [0.15, 0.2) is 0 Å². The van der Waals surface area contributed by atoms with Gasteiger partial charge in [-0.05, 0) is 38.8 Å². The molecule has 0 bridgehead atoms. The van der Waals surface area contributed by atoms with Crippen LogP contribution in [0.3, 0.4) is 0 Å². The highest BCUT2D eigenvalue weighted by molar-refractivity contribution is 5.76. The van der Waals surface area contributed by atoms with Crippen molar-refractivity contribution in [1.29, 1.82) is 0 Å². The van der Waals surface area contributed by atoms with Gasteiger partial charge < -0.3 is 14.8 Å². The minimum atomic E-state index is 0.161. The Bertz CT molecular complexity index is 407. The highest BCUT2D eigenvalue weighted by Crippen LogP contribution is 2.19. The van der Waals surface area contributed by atoms with Crippen LogP contribution in [0, 0.1) is 0 Å². The normalized spacial score (nSPS) is 15.1. The summed E-state index contributed by atoms with van der Waals surface area (Å²) in [5.41, 5.74) is 1.19. The van der Waals surface area contributed by atoms with Crippen molar-refractivity contribution in [2.75, 3.05) is 7.05 Å². The minimum absolute atomic E-state index is 0.161. The van der Waals surface area contributed by atoms with E-state index in [-0.39, 0.29) is 11.9 Å². The van der Waals surface area contributed by atoms with Gasteiger partial charge in [-0.2, -0.15) is 0 Å². The van der Waals surface area contributed by atoms with Gasteiger partial charge >= 0.3 is 0 Å². The van der Waals surface area contributed by atoms with Crippen LogP contribution in [0.4, 0.5) is 0 Å². The van der Waals surface area contributed by atoms with Gasteiger partial charge in [-0.25, -0.2) is 0 Å². The lowest BCUT2D eigenvalue weighted by Crippen LogP contribution is -2.35. The number of hydrogen-bond acceptors (Lipinski definition) is 2. The molecular weight excluding hydrogens is 226 g/mol. The van der Waals surface area contributed by atoms with Crippen LogP contribution in [0.1, 0.15) is 32.4 Å². The third-order valence-corrected chi connectivity index (χ3v) is 3.55. The Morgan fingerprint density at radius 1 is 1.56 bits per heavy atom. The molecule has 1 aliphatic rings. The van der Waals surface area contributed by atoms with Crippen molar-refractivity contribution in [1.82, 2.24) is 14.8 Å². The average molecular weight is 249 g/mol. The van der Waals surface area contributed by atoms with Crippen LogP contribution in [-0.2, 0) is 17.9 Å². The molecule has 4 nitrogen and oxygen atoms in total. The van der Waals surface area contributed by atoms with Crippen molar-refractivity contribution < 1.29 is 4.79 Å². The summed E-state index contributed by atoms with van der Waals surface area (Å²) < 4.78 is 2.04. The molecule has 1 heterocycles. The van der Waals surface area contributed by atoms with E-state index in [9.17, 15) is 4.79 Å². The van der Waals surface area contributed by atoms with Crippen molar-refractivity contribution in [3.63, 3.8) is 0 Å². The fourth-order valence-electron chi connectivity index (χ4n) is 1.85. The number of aromatic nitrogens is 1. The number of nitrogens with one attached hydrogen (secondary N) is 1. The van der Waals surface area contributed by atoms with Crippen molar-refractivity contribution in [3.05, 3.63) is 24.0 Å². The van der Waals surface area contributed by atoms with E-state index in [1.54, 1.807) is 4.90 Å². The Labute approximate surface area is 109 Å². The molecule has 18 heavy (non-hydrogen) atoms. The molecule has 0 saturated heterocycles. The zero-order chi connectivity index (χ0) is 13.1. The van der Waals surface area contributed by atoms with Gasteiger partial charge in [-0.1, -0.05) is 0 Å². The molecule has 0 aromatic carbocycles. The van der Waals surface area contributed by atoms with Gasteiger partial charge in [-0.15, -0.1) is 0 Å². The largest absolute Gasteiger partial charge is 0.342 e. The number of rotatable bonds is 6. The van der Waals surface area contributed by atoms with Crippen LogP contribution in [-0.4, -0.2) is 34.5 Å². The van der Waals surface area contributed by atoms with Gasteiger partial charge in [0.05, 0.1) is 0 Å². The van der Waals surface area contributed by atoms with E-state index >= 15 is 0 Å². The first-order chi connectivity index (χ1) is 8.58. The monoisotopic (exact) mass is 249 g/mol. The van der Waals surface area contributed by atoms with Crippen molar-refractivity contribution in [2.45, 2.75) is 51.9 Å². The topological polar surface area (TPSA) is 37.3 Å². The summed E-state index contributed by atoms with van der Waals surface area (Å²) in [6.45, 7) is 5.35. The van der Waals surface area contributed by atoms with Gasteiger partial charge in [-0.3, -0.25) is 4.79 Å². The Morgan fingerprint density at radius 2 is 2.28 bits per heavy atom.